The first kappa shape index (κ1) is 11.2. The average molecular weight is 206 g/mol. The van der Waals surface area contributed by atoms with Crippen LogP contribution in [0.3, 0.4) is 0 Å². The number of carbonyl (C=O) groups excluding carboxylic acids is 1. The first-order valence-corrected chi connectivity index (χ1v) is 4.59. The Morgan fingerprint density at radius 2 is 2.20 bits per heavy atom. The SMILES string of the molecule is C=C(C)CN(C)C(=O)c1ccc(=O)[nH]c1. The molecule has 0 aliphatic rings. The zero-order valence-electron chi connectivity index (χ0n) is 8.91. The maximum Gasteiger partial charge on any atom is 0.255 e. The molecular formula is C11H14N2O2. The minimum absolute atomic E-state index is 0.130. The first-order chi connectivity index (χ1) is 7.00. The van der Waals surface area contributed by atoms with Crippen molar-refractivity contribution in [2.24, 2.45) is 0 Å². The lowest BCUT2D eigenvalue weighted by atomic mass is 10.2. The topological polar surface area (TPSA) is 53.2 Å². The van der Waals surface area contributed by atoms with E-state index in [1.54, 1.807) is 11.9 Å². The number of H-pyrrole nitrogens is 1. The van der Waals surface area contributed by atoms with Gasteiger partial charge in [-0.05, 0) is 13.0 Å². The second kappa shape index (κ2) is 4.59. The van der Waals surface area contributed by atoms with Crippen LogP contribution in [0.2, 0.25) is 0 Å². The molecule has 0 unspecified atom stereocenters. The van der Waals surface area contributed by atoms with Crippen molar-refractivity contribution in [3.05, 3.63) is 46.4 Å². The molecular weight excluding hydrogens is 192 g/mol. The number of nitrogens with one attached hydrogen (secondary N) is 1. The average Bonchev–Trinajstić information content (AvgIpc) is 2.17. The fourth-order valence-electron chi connectivity index (χ4n) is 1.24. The number of pyridine rings is 1. The normalized spacial score (nSPS) is 9.73. The lowest BCUT2D eigenvalue weighted by Gasteiger charge is -2.16. The van der Waals surface area contributed by atoms with Crippen LogP contribution in [-0.2, 0) is 0 Å². The molecule has 1 aromatic heterocycles. The number of aromatic amines is 1. The number of nitrogens with zero attached hydrogens (tertiary/aromatic N) is 1. The van der Waals surface area contributed by atoms with Crippen LogP contribution >= 0.6 is 0 Å². The summed E-state index contributed by atoms with van der Waals surface area (Å²) in [5, 5.41) is 0. The standard InChI is InChI=1S/C11H14N2O2/c1-8(2)7-13(3)11(15)9-4-5-10(14)12-6-9/h4-6H,1,7H2,2-3H3,(H,12,14). The lowest BCUT2D eigenvalue weighted by molar-refractivity contribution is 0.0806. The lowest BCUT2D eigenvalue weighted by Crippen LogP contribution is -2.28. The Balaban J connectivity index is 2.80. The molecule has 4 nitrogen and oxygen atoms in total. The number of aromatic nitrogens is 1. The summed E-state index contributed by atoms with van der Waals surface area (Å²) in [5.74, 6) is -0.130. The van der Waals surface area contributed by atoms with E-state index in [0.717, 1.165) is 5.57 Å². The van der Waals surface area contributed by atoms with Crippen LogP contribution in [0.1, 0.15) is 17.3 Å². The summed E-state index contributed by atoms with van der Waals surface area (Å²) in [5.41, 5.74) is 1.17. The van der Waals surface area contributed by atoms with E-state index in [1.165, 1.54) is 18.3 Å². The molecule has 0 radical (unpaired) electrons. The molecule has 1 aromatic rings. The van der Waals surface area contributed by atoms with Gasteiger partial charge in [0, 0.05) is 25.9 Å². The summed E-state index contributed by atoms with van der Waals surface area (Å²) >= 11 is 0. The monoisotopic (exact) mass is 206 g/mol. The molecule has 0 saturated carbocycles. The van der Waals surface area contributed by atoms with Crippen LogP contribution in [0.25, 0.3) is 0 Å². The van der Waals surface area contributed by atoms with Gasteiger partial charge in [0.2, 0.25) is 5.56 Å². The van der Waals surface area contributed by atoms with Crippen LogP contribution in [0.4, 0.5) is 0 Å². The van der Waals surface area contributed by atoms with Crippen LogP contribution < -0.4 is 5.56 Å². The molecule has 1 N–H and O–H groups in total. The zero-order chi connectivity index (χ0) is 11.4. The minimum Gasteiger partial charge on any atom is -0.338 e. The Morgan fingerprint density at radius 1 is 1.53 bits per heavy atom. The molecule has 0 spiro atoms. The number of rotatable bonds is 3. The Bertz CT molecular complexity index is 414. The van der Waals surface area contributed by atoms with E-state index in [4.69, 9.17) is 0 Å². The smallest absolute Gasteiger partial charge is 0.255 e. The van der Waals surface area contributed by atoms with E-state index in [9.17, 15) is 9.59 Å². The molecule has 0 aliphatic carbocycles. The van der Waals surface area contributed by atoms with Crippen molar-refractivity contribution in [1.29, 1.82) is 0 Å². The maximum atomic E-state index is 11.8. The van der Waals surface area contributed by atoms with Gasteiger partial charge in [-0.25, -0.2) is 0 Å². The molecule has 0 aromatic carbocycles. The quantitative estimate of drug-likeness (QED) is 0.751. The molecule has 0 bridgehead atoms. The molecule has 0 atom stereocenters. The predicted octanol–water partition coefficient (Wildman–Crippen LogP) is 1.02. The molecule has 1 amide bonds. The van der Waals surface area contributed by atoms with Gasteiger partial charge in [0.15, 0.2) is 0 Å². The molecule has 15 heavy (non-hydrogen) atoms. The van der Waals surface area contributed by atoms with Crippen molar-refractivity contribution in [3.8, 4) is 0 Å². The molecule has 1 rings (SSSR count). The van der Waals surface area contributed by atoms with Crippen molar-refractivity contribution in [2.45, 2.75) is 6.92 Å². The molecule has 0 aliphatic heterocycles. The minimum atomic E-state index is -0.214. The van der Waals surface area contributed by atoms with Crippen LogP contribution in [0.15, 0.2) is 35.3 Å². The predicted molar refractivity (Wildman–Crippen MR) is 58.8 cm³/mol. The molecule has 0 saturated heterocycles. The fraction of sp³-hybridized carbons (Fsp3) is 0.273. The van der Waals surface area contributed by atoms with Gasteiger partial charge in [0.05, 0.1) is 5.56 Å². The number of hydrogen-bond donors (Lipinski definition) is 1. The Hall–Kier alpha value is -1.84. The second-order valence-electron chi connectivity index (χ2n) is 3.56. The van der Waals surface area contributed by atoms with E-state index < -0.39 is 0 Å². The van der Waals surface area contributed by atoms with Gasteiger partial charge in [0.1, 0.15) is 0 Å². The fourth-order valence-corrected chi connectivity index (χ4v) is 1.24. The number of hydrogen-bond acceptors (Lipinski definition) is 2. The van der Waals surface area contributed by atoms with E-state index >= 15 is 0 Å². The molecule has 80 valence electrons. The highest BCUT2D eigenvalue weighted by atomic mass is 16.2. The summed E-state index contributed by atoms with van der Waals surface area (Å²) in [7, 11) is 1.70. The molecule has 4 heteroatoms. The van der Waals surface area contributed by atoms with E-state index in [0.29, 0.717) is 12.1 Å². The van der Waals surface area contributed by atoms with Crippen molar-refractivity contribution in [2.75, 3.05) is 13.6 Å². The third-order valence-corrected chi connectivity index (χ3v) is 1.88. The van der Waals surface area contributed by atoms with Gasteiger partial charge in [-0.15, -0.1) is 0 Å². The third kappa shape index (κ3) is 3.09. The van der Waals surface area contributed by atoms with E-state index in [1.807, 2.05) is 6.92 Å². The van der Waals surface area contributed by atoms with Crippen molar-refractivity contribution in [1.82, 2.24) is 9.88 Å². The molecule has 0 fully saturated rings. The number of likely N-dealkylation sites (N-methyl/N-ethyl adjacent to an activating group) is 1. The maximum absolute atomic E-state index is 11.8. The van der Waals surface area contributed by atoms with Gasteiger partial charge in [-0.3, -0.25) is 9.59 Å². The van der Waals surface area contributed by atoms with Gasteiger partial charge in [-0.2, -0.15) is 0 Å². The van der Waals surface area contributed by atoms with Crippen molar-refractivity contribution < 1.29 is 4.79 Å². The summed E-state index contributed by atoms with van der Waals surface area (Å²) < 4.78 is 0. The van der Waals surface area contributed by atoms with Crippen LogP contribution in [-0.4, -0.2) is 29.4 Å². The zero-order valence-corrected chi connectivity index (χ0v) is 8.91. The highest BCUT2D eigenvalue weighted by molar-refractivity contribution is 5.93. The number of amides is 1. The second-order valence-corrected chi connectivity index (χ2v) is 3.56. The third-order valence-electron chi connectivity index (χ3n) is 1.88. The van der Waals surface area contributed by atoms with E-state index in [2.05, 4.69) is 11.6 Å². The van der Waals surface area contributed by atoms with Crippen LogP contribution in [0, 0.1) is 0 Å². The van der Waals surface area contributed by atoms with E-state index in [-0.39, 0.29) is 11.5 Å². The van der Waals surface area contributed by atoms with Gasteiger partial charge < -0.3 is 9.88 Å². The van der Waals surface area contributed by atoms with Crippen molar-refractivity contribution >= 4 is 5.91 Å². The van der Waals surface area contributed by atoms with Gasteiger partial charge in [-0.1, -0.05) is 12.2 Å². The largest absolute Gasteiger partial charge is 0.338 e. The summed E-state index contributed by atoms with van der Waals surface area (Å²) in [6, 6.07) is 2.85. The first-order valence-electron chi connectivity index (χ1n) is 4.59. The van der Waals surface area contributed by atoms with Crippen LogP contribution in [0.5, 0.6) is 0 Å². The summed E-state index contributed by atoms with van der Waals surface area (Å²) in [4.78, 5) is 26.6. The highest BCUT2D eigenvalue weighted by Gasteiger charge is 2.10. The Kier molecular flexibility index (Phi) is 3.44. The molecule has 1 heterocycles. The Labute approximate surface area is 88.2 Å². The summed E-state index contributed by atoms with van der Waals surface area (Å²) in [6.45, 7) is 6.10. The van der Waals surface area contributed by atoms with Gasteiger partial charge >= 0.3 is 0 Å². The highest BCUT2D eigenvalue weighted by Crippen LogP contribution is 2.01. The summed E-state index contributed by atoms with van der Waals surface area (Å²) in [6.07, 6.45) is 1.42. The Morgan fingerprint density at radius 3 is 2.67 bits per heavy atom. The van der Waals surface area contributed by atoms with Gasteiger partial charge in [0.25, 0.3) is 5.91 Å². The van der Waals surface area contributed by atoms with Crippen molar-refractivity contribution in [3.63, 3.8) is 0 Å². The number of carbonyl (C=O) groups is 1.